The summed E-state index contributed by atoms with van der Waals surface area (Å²) < 4.78 is 8.37. The van der Waals surface area contributed by atoms with E-state index in [0.29, 0.717) is 6.54 Å². The number of nitrogens with zero attached hydrogens (tertiary/aromatic N) is 1. The summed E-state index contributed by atoms with van der Waals surface area (Å²) in [5.74, 6) is 1.80. The van der Waals surface area contributed by atoms with E-state index in [1.165, 1.54) is 15.8 Å². The number of anilines is 1. The zero-order chi connectivity index (χ0) is 21.4. The maximum absolute atomic E-state index is 6.06. The number of hydrogen-bond acceptors (Lipinski definition) is 4. The van der Waals surface area contributed by atoms with E-state index >= 15 is 0 Å². The van der Waals surface area contributed by atoms with Crippen LogP contribution < -0.4 is 5.32 Å². The van der Waals surface area contributed by atoms with E-state index in [2.05, 4.69) is 89.7 Å². The Labute approximate surface area is 193 Å². The summed E-state index contributed by atoms with van der Waals surface area (Å²) in [7, 11) is 0. The number of rotatable bonds is 5. The number of aromatic nitrogens is 1. The van der Waals surface area contributed by atoms with Crippen molar-refractivity contribution in [2.75, 3.05) is 5.32 Å². The average Bonchev–Trinajstić information content (AvgIpc) is 3.39. The Balaban J connectivity index is 1.27. The number of nitrogens with one attached hydrogen (secondary N) is 1. The second kappa shape index (κ2) is 8.33. The topological polar surface area (TPSA) is 38.1 Å². The molecule has 154 valence electrons. The van der Waals surface area contributed by atoms with Crippen molar-refractivity contribution in [1.29, 1.82) is 0 Å². The van der Waals surface area contributed by atoms with Crippen LogP contribution in [0.3, 0.4) is 0 Å². The van der Waals surface area contributed by atoms with Gasteiger partial charge in [0.1, 0.15) is 16.5 Å². The van der Waals surface area contributed by atoms with Gasteiger partial charge < -0.3 is 9.73 Å². The molecule has 1 N–H and O–H groups in total. The number of furan rings is 1. The molecule has 5 heteroatoms. The van der Waals surface area contributed by atoms with Gasteiger partial charge in [-0.3, -0.25) is 0 Å². The van der Waals surface area contributed by atoms with Crippen LogP contribution in [0.2, 0.25) is 0 Å². The smallest absolute Gasteiger partial charge is 0.134 e. The standard InChI is InChI=1S/C26H21BrN2OS/c1-16-3-11-23-25(13-16)31-26(29-23)18-4-7-20(8-5-18)28-15-21-9-12-24(30-21)22-10-6-19(27)14-17(22)2/h3-14,28H,15H2,1-2H3. The van der Waals surface area contributed by atoms with Gasteiger partial charge in [0.15, 0.2) is 0 Å². The molecule has 0 aliphatic carbocycles. The molecule has 0 spiro atoms. The predicted molar refractivity (Wildman–Crippen MR) is 134 cm³/mol. The zero-order valence-corrected chi connectivity index (χ0v) is 19.7. The van der Waals surface area contributed by atoms with Gasteiger partial charge in [-0.05, 0) is 91.7 Å². The van der Waals surface area contributed by atoms with Gasteiger partial charge in [0.05, 0.1) is 16.8 Å². The first-order valence-electron chi connectivity index (χ1n) is 10.1. The highest BCUT2D eigenvalue weighted by Gasteiger charge is 2.09. The van der Waals surface area contributed by atoms with Gasteiger partial charge >= 0.3 is 0 Å². The first kappa shape index (κ1) is 20.0. The van der Waals surface area contributed by atoms with Crippen molar-refractivity contribution in [3.63, 3.8) is 0 Å². The van der Waals surface area contributed by atoms with Crippen LogP contribution in [0, 0.1) is 13.8 Å². The summed E-state index contributed by atoms with van der Waals surface area (Å²) in [5.41, 5.74) is 6.81. The molecule has 0 fully saturated rings. The minimum absolute atomic E-state index is 0.634. The quantitative estimate of drug-likeness (QED) is 0.270. The molecule has 0 radical (unpaired) electrons. The Hall–Kier alpha value is -2.89. The van der Waals surface area contributed by atoms with E-state index < -0.39 is 0 Å². The van der Waals surface area contributed by atoms with Crippen molar-refractivity contribution in [3.05, 3.63) is 94.2 Å². The van der Waals surface area contributed by atoms with Crippen LogP contribution >= 0.6 is 27.3 Å². The van der Waals surface area contributed by atoms with Crippen LogP contribution in [0.1, 0.15) is 16.9 Å². The van der Waals surface area contributed by atoms with Gasteiger partial charge in [-0.2, -0.15) is 0 Å². The van der Waals surface area contributed by atoms with Gasteiger partial charge in [-0.15, -0.1) is 11.3 Å². The number of aryl methyl sites for hydroxylation is 2. The second-order valence-electron chi connectivity index (χ2n) is 7.65. The SMILES string of the molecule is Cc1ccc2nc(-c3ccc(NCc4ccc(-c5ccc(Br)cc5C)o4)cc3)sc2c1. The third-order valence-electron chi connectivity index (χ3n) is 5.26. The summed E-state index contributed by atoms with van der Waals surface area (Å²) in [5, 5.41) is 4.49. The molecular formula is C26H21BrN2OS. The maximum atomic E-state index is 6.06. The van der Waals surface area contributed by atoms with Crippen LogP contribution in [0.25, 0.3) is 32.1 Å². The maximum Gasteiger partial charge on any atom is 0.134 e. The molecule has 3 aromatic carbocycles. The Morgan fingerprint density at radius 3 is 2.58 bits per heavy atom. The minimum Gasteiger partial charge on any atom is -0.459 e. The second-order valence-corrected chi connectivity index (χ2v) is 9.59. The lowest BCUT2D eigenvalue weighted by Gasteiger charge is -2.06. The fraction of sp³-hybridized carbons (Fsp3) is 0.115. The van der Waals surface area contributed by atoms with E-state index in [1.54, 1.807) is 11.3 Å². The summed E-state index contributed by atoms with van der Waals surface area (Å²) in [6.45, 7) is 4.84. The van der Waals surface area contributed by atoms with E-state index in [9.17, 15) is 0 Å². The van der Waals surface area contributed by atoms with Crippen molar-refractivity contribution >= 4 is 43.2 Å². The number of thiazole rings is 1. The van der Waals surface area contributed by atoms with Crippen LogP contribution in [-0.4, -0.2) is 4.98 Å². The zero-order valence-electron chi connectivity index (χ0n) is 17.3. The monoisotopic (exact) mass is 488 g/mol. The Bertz CT molecular complexity index is 1370. The molecule has 0 amide bonds. The van der Waals surface area contributed by atoms with E-state index in [-0.39, 0.29) is 0 Å². The molecular weight excluding hydrogens is 468 g/mol. The molecule has 2 heterocycles. The molecule has 2 aromatic heterocycles. The predicted octanol–water partition coefficient (Wildman–Crippen LogP) is 8.21. The third-order valence-corrected chi connectivity index (χ3v) is 6.82. The molecule has 31 heavy (non-hydrogen) atoms. The summed E-state index contributed by atoms with van der Waals surface area (Å²) in [6.07, 6.45) is 0. The van der Waals surface area contributed by atoms with Crippen molar-refractivity contribution in [2.45, 2.75) is 20.4 Å². The molecule has 5 aromatic rings. The van der Waals surface area contributed by atoms with Gasteiger partial charge in [0.25, 0.3) is 0 Å². The van der Waals surface area contributed by atoms with E-state index in [4.69, 9.17) is 9.40 Å². The summed E-state index contributed by atoms with van der Waals surface area (Å²) >= 11 is 5.25. The molecule has 0 aliphatic rings. The van der Waals surface area contributed by atoms with Gasteiger partial charge in [0, 0.05) is 21.3 Å². The van der Waals surface area contributed by atoms with Gasteiger partial charge in [0.2, 0.25) is 0 Å². The minimum atomic E-state index is 0.634. The first-order chi connectivity index (χ1) is 15.0. The highest BCUT2D eigenvalue weighted by molar-refractivity contribution is 9.10. The van der Waals surface area contributed by atoms with E-state index in [0.717, 1.165) is 43.3 Å². The fourth-order valence-electron chi connectivity index (χ4n) is 3.60. The summed E-state index contributed by atoms with van der Waals surface area (Å²) in [4.78, 5) is 4.77. The lowest BCUT2D eigenvalue weighted by atomic mass is 10.1. The first-order valence-corrected chi connectivity index (χ1v) is 11.7. The molecule has 0 aliphatic heterocycles. The molecule has 0 saturated heterocycles. The largest absolute Gasteiger partial charge is 0.459 e. The van der Waals surface area contributed by atoms with Gasteiger partial charge in [-0.25, -0.2) is 4.98 Å². The summed E-state index contributed by atoms with van der Waals surface area (Å²) in [6, 6.07) is 25.1. The van der Waals surface area contributed by atoms with Crippen molar-refractivity contribution in [2.24, 2.45) is 0 Å². The Kier molecular flexibility index (Phi) is 5.38. The highest BCUT2D eigenvalue weighted by atomic mass is 79.9. The van der Waals surface area contributed by atoms with Crippen molar-refractivity contribution in [3.8, 4) is 21.9 Å². The Morgan fingerprint density at radius 2 is 1.77 bits per heavy atom. The highest BCUT2D eigenvalue weighted by Crippen LogP contribution is 2.32. The molecule has 0 unspecified atom stereocenters. The van der Waals surface area contributed by atoms with E-state index in [1.807, 2.05) is 18.2 Å². The lowest BCUT2D eigenvalue weighted by molar-refractivity contribution is 0.531. The van der Waals surface area contributed by atoms with Crippen LogP contribution in [0.5, 0.6) is 0 Å². The van der Waals surface area contributed by atoms with Crippen LogP contribution in [0.4, 0.5) is 5.69 Å². The van der Waals surface area contributed by atoms with Crippen molar-refractivity contribution in [1.82, 2.24) is 4.98 Å². The van der Waals surface area contributed by atoms with Crippen LogP contribution in [0.15, 0.2) is 81.7 Å². The lowest BCUT2D eigenvalue weighted by Crippen LogP contribution is -1.97. The number of halogens is 1. The number of benzene rings is 3. The molecule has 5 rings (SSSR count). The molecule has 0 bridgehead atoms. The number of hydrogen-bond donors (Lipinski definition) is 1. The molecule has 0 saturated carbocycles. The van der Waals surface area contributed by atoms with Crippen LogP contribution in [-0.2, 0) is 6.54 Å². The number of fused-ring (bicyclic) bond motifs is 1. The fourth-order valence-corrected chi connectivity index (χ4v) is 5.14. The average molecular weight is 489 g/mol. The third kappa shape index (κ3) is 4.29. The molecule has 3 nitrogen and oxygen atoms in total. The Morgan fingerprint density at radius 1 is 0.935 bits per heavy atom. The van der Waals surface area contributed by atoms with Crippen molar-refractivity contribution < 1.29 is 4.42 Å². The normalized spacial score (nSPS) is 11.2. The van der Waals surface area contributed by atoms with Gasteiger partial charge in [-0.1, -0.05) is 22.0 Å². The molecule has 0 atom stereocenters.